The fourth-order valence-corrected chi connectivity index (χ4v) is 3.57. The molecular formula is C20H24N2O6S. The number of hydrogen-bond acceptors (Lipinski definition) is 6. The third kappa shape index (κ3) is 5.20. The normalized spacial score (nSPS) is 12.5. The number of carbonyl (C=O) groups is 2. The molecule has 0 radical (unpaired) electrons. The first-order valence-electron chi connectivity index (χ1n) is 8.79. The number of aryl methyl sites for hydroxylation is 2. The van der Waals surface area contributed by atoms with Crippen LogP contribution >= 0.6 is 0 Å². The van der Waals surface area contributed by atoms with Gasteiger partial charge >= 0.3 is 5.97 Å². The highest BCUT2D eigenvalue weighted by Gasteiger charge is 2.24. The smallest absolute Gasteiger partial charge is 0.338 e. The molecule has 0 unspecified atom stereocenters. The highest BCUT2D eigenvalue weighted by molar-refractivity contribution is 7.89. The monoisotopic (exact) mass is 420 g/mol. The first kappa shape index (κ1) is 22.5. The molecule has 0 fully saturated rings. The van der Waals surface area contributed by atoms with E-state index in [0.29, 0.717) is 10.2 Å². The van der Waals surface area contributed by atoms with Gasteiger partial charge in [-0.05, 0) is 50.1 Å². The van der Waals surface area contributed by atoms with Gasteiger partial charge < -0.3 is 10.1 Å². The summed E-state index contributed by atoms with van der Waals surface area (Å²) >= 11 is 0. The summed E-state index contributed by atoms with van der Waals surface area (Å²) in [5, 5.41) is 2.76. The van der Waals surface area contributed by atoms with Crippen molar-refractivity contribution in [3.8, 4) is 0 Å². The summed E-state index contributed by atoms with van der Waals surface area (Å²) in [5.41, 5.74) is 2.44. The minimum Gasteiger partial charge on any atom is -0.449 e. The van der Waals surface area contributed by atoms with Gasteiger partial charge in [0.15, 0.2) is 6.10 Å². The van der Waals surface area contributed by atoms with Crippen LogP contribution in [0.15, 0.2) is 47.4 Å². The number of rotatable bonds is 7. The average Bonchev–Trinajstić information content (AvgIpc) is 2.69. The van der Waals surface area contributed by atoms with Crippen LogP contribution in [0.25, 0.3) is 0 Å². The maximum Gasteiger partial charge on any atom is 0.338 e. The molecule has 2 rings (SSSR count). The average molecular weight is 420 g/mol. The number of hydroxylamine groups is 1. The second-order valence-corrected chi connectivity index (χ2v) is 8.36. The minimum atomic E-state index is -3.92. The number of para-hydroxylation sites is 1. The Balaban J connectivity index is 2.14. The number of nitrogens with one attached hydrogen (secondary N) is 1. The van der Waals surface area contributed by atoms with E-state index in [-0.39, 0.29) is 10.5 Å². The number of esters is 1. The Hall–Kier alpha value is -2.75. The van der Waals surface area contributed by atoms with Crippen molar-refractivity contribution in [3.05, 3.63) is 59.2 Å². The molecule has 8 nitrogen and oxygen atoms in total. The number of anilines is 1. The Kier molecular flexibility index (Phi) is 7.12. The van der Waals surface area contributed by atoms with E-state index < -0.39 is 28.0 Å². The number of carbonyl (C=O) groups excluding carboxylic acids is 2. The lowest BCUT2D eigenvalue weighted by Gasteiger charge is -2.17. The van der Waals surface area contributed by atoms with E-state index >= 15 is 0 Å². The summed E-state index contributed by atoms with van der Waals surface area (Å²) in [6, 6.07) is 10.9. The topological polar surface area (TPSA) is 102 Å². The summed E-state index contributed by atoms with van der Waals surface area (Å²) < 4.78 is 30.5. The van der Waals surface area contributed by atoms with E-state index in [1.54, 1.807) is 0 Å². The predicted molar refractivity (Wildman–Crippen MR) is 108 cm³/mol. The number of amides is 1. The van der Waals surface area contributed by atoms with Gasteiger partial charge in [-0.15, -0.1) is 0 Å². The Bertz CT molecular complexity index is 999. The summed E-state index contributed by atoms with van der Waals surface area (Å²) in [4.78, 5) is 29.4. The molecule has 156 valence electrons. The Labute approximate surface area is 170 Å². The molecule has 2 aromatic rings. The van der Waals surface area contributed by atoms with Gasteiger partial charge in [-0.25, -0.2) is 13.2 Å². The van der Waals surface area contributed by atoms with Crippen LogP contribution in [0.1, 0.15) is 28.4 Å². The molecule has 0 aliphatic carbocycles. The summed E-state index contributed by atoms with van der Waals surface area (Å²) in [5.74, 6) is -1.30. The lowest BCUT2D eigenvalue weighted by Crippen LogP contribution is -2.30. The largest absolute Gasteiger partial charge is 0.449 e. The van der Waals surface area contributed by atoms with E-state index in [0.717, 1.165) is 11.1 Å². The van der Waals surface area contributed by atoms with Crippen molar-refractivity contribution in [1.82, 2.24) is 4.47 Å². The zero-order valence-electron chi connectivity index (χ0n) is 16.9. The quantitative estimate of drug-likeness (QED) is 0.546. The third-order valence-corrected chi connectivity index (χ3v) is 6.02. The van der Waals surface area contributed by atoms with Gasteiger partial charge in [-0.1, -0.05) is 28.7 Å². The van der Waals surface area contributed by atoms with Crippen LogP contribution in [-0.2, 0) is 24.4 Å². The van der Waals surface area contributed by atoms with E-state index in [4.69, 9.17) is 9.57 Å². The molecule has 29 heavy (non-hydrogen) atoms. The second kappa shape index (κ2) is 9.17. The Morgan fingerprint density at radius 3 is 2.24 bits per heavy atom. The van der Waals surface area contributed by atoms with Crippen LogP contribution in [0.4, 0.5) is 5.69 Å². The molecule has 1 N–H and O–H groups in total. The van der Waals surface area contributed by atoms with Crippen LogP contribution in [0.2, 0.25) is 0 Å². The molecule has 0 aliphatic heterocycles. The fraction of sp³-hybridized carbons (Fsp3) is 0.300. The van der Waals surface area contributed by atoms with Gasteiger partial charge in [0.25, 0.3) is 15.9 Å². The summed E-state index contributed by atoms with van der Waals surface area (Å²) in [6.45, 7) is 5.17. The van der Waals surface area contributed by atoms with Crippen molar-refractivity contribution >= 4 is 27.6 Å². The molecule has 0 aliphatic rings. The second-order valence-electron chi connectivity index (χ2n) is 6.43. The van der Waals surface area contributed by atoms with Crippen LogP contribution < -0.4 is 5.32 Å². The lowest BCUT2D eigenvalue weighted by atomic mass is 10.1. The zero-order valence-corrected chi connectivity index (χ0v) is 17.7. The molecule has 2 aromatic carbocycles. The number of ether oxygens (including phenoxy) is 1. The summed E-state index contributed by atoms with van der Waals surface area (Å²) in [7, 11) is -1.47. The highest BCUT2D eigenvalue weighted by atomic mass is 32.2. The highest BCUT2D eigenvalue weighted by Crippen LogP contribution is 2.20. The Morgan fingerprint density at radius 1 is 1.07 bits per heavy atom. The number of benzene rings is 2. The van der Waals surface area contributed by atoms with Crippen molar-refractivity contribution < 1.29 is 27.6 Å². The van der Waals surface area contributed by atoms with E-state index in [1.165, 1.54) is 45.3 Å². The van der Waals surface area contributed by atoms with Crippen molar-refractivity contribution in [1.29, 1.82) is 0 Å². The van der Waals surface area contributed by atoms with Gasteiger partial charge in [-0.2, -0.15) is 0 Å². The number of hydrogen-bond donors (Lipinski definition) is 1. The van der Waals surface area contributed by atoms with Gasteiger partial charge in [0.1, 0.15) is 0 Å². The van der Waals surface area contributed by atoms with Crippen LogP contribution in [0.5, 0.6) is 0 Å². The van der Waals surface area contributed by atoms with Gasteiger partial charge in [0, 0.05) is 12.7 Å². The Morgan fingerprint density at radius 2 is 1.66 bits per heavy atom. The van der Waals surface area contributed by atoms with Gasteiger partial charge in [-0.3, -0.25) is 9.63 Å². The molecule has 1 atom stereocenters. The predicted octanol–water partition coefficient (Wildman–Crippen LogP) is 2.67. The molecule has 0 saturated heterocycles. The molecular weight excluding hydrogens is 396 g/mol. The van der Waals surface area contributed by atoms with Crippen molar-refractivity contribution in [2.75, 3.05) is 19.5 Å². The third-order valence-electron chi connectivity index (χ3n) is 4.35. The molecule has 0 aromatic heterocycles. The van der Waals surface area contributed by atoms with Crippen LogP contribution in [0, 0.1) is 13.8 Å². The maximum absolute atomic E-state index is 12.4. The van der Waals surface area contributed by atoms with E-state index in [1.807, 2.05) is 32.0 Å². The molecule has 0 saturated carbocycles. The lowest BCUT2D eigenvalue weighted by molar-refractivity contribution is -0.123. The summed E-state index contributed by atoms with van der Waals surface area (Å²) in [6.07, 6.45) is -1.08. The van der Waals surface area contributed by atoms with Crippen LogP contribution in [0.3, 0.4) is 0 Å². The molecule has 0 heterocycles. The molecule has 0 spiro atoms. The van der Waals surface area contributed by atoms with Crippen molar-refractivity contribution in [3.63, 3.8) is 0 Å². The van der Waals surface area contributed by atoms with Gasteiger partial charge in [0.2, 0.25) is 0 Å². The van der Waals surface area contributed by atoms with Crippen LogP contribution in [-0.4, -0.2) is 45.0 Å². The number of sulfonamides is 1. The van der Waals surface area contributed by atoms with Crippen molar-refractivity contribution in [2.45, 2.75) is 31.8 Å². The zero-order chi connectivity index (χ0) is 21.8. The standard InChI is InChI=1S/C20H24N2O6S/c1-13-8-6-9-14(2)18(13)21-19(23)15(3)28-20(24)16-10-7-11-17(12-16)29(25,26)22(4)27-5/h6-12,15H,1-5H3,(H,21,23)/t15-/m1/s1. The van der Waals surface area contributed by atoms with E-state index in [2.05, 4.69) is 5.32 Å². The SMILES string of the molecule is CON(C)S(=O)(=O)c1cccc(C(=O)O[C@H](C)C(=O)Nc2c(C)cccc2C)c1. The number of nitrogens with zero attached hydrogens (tertiary/aromatic N) is 1. The molecule has 0 bridgehead atoms. The molecule has 1 amide bonds. The molecule has 9 heteroatoms. The van der Waals surface area contributed by atoms with Crippen molar-refractivity contribution in [2.24, 2.45) is 0 Å². The minimum absolute atomic E-state index is 0.00213. The van der Waals surface area contributed by atoms with Gasteiger partial charge in [0.05, 0.1) is 17.6 Å². The first-order chi connectivity index (χ1) is 13.6. The first-order valence-corrected chi connectivity index (χ1v) is 10.2. The fourth-order valence-electron chi connectivity index (χ4n) is 2.55. The van der Waals surface area contributed by atoms with E-state index in [9.17, 15) is 18.0 Å². The maximum atomic E-state index is 12.4.